The number of carbonyl (C=O) groups excluding carboxylic acids is 2. The number of cyclic esters (lactones) is 1. The third kappa shape index (κ3) is 6.22. The maximum atomic E-state index is 12.2. The highest BCUT2D eigenvalue weighted by atomic mass is 16.7. The Morgan fingerprint density at radius 3 is 2.52 bits per heavy atom. The van der Waals surface area contributed by atoms with E-state index in [0.717, 1.165) is 19.3 Å². The maximum Gasteiger partial charge on any atom is 0.338 e. The lowest BCUT2D eigenvalue weighted by atomic mass is 9.91. The molecule has 0 spiro atoms. The second-order valence-corrected chi connectivity index (χ2v) is 6.27. The molecule has 0 aromatic heterocycles. The molecule has 6 heteroatoms. The number of hydrogen-bond acceptors (Lipinski definition) is 6. The fraction of sp³-hybridized carbons (Fsp3) is 0.765. The van der Waals surface area contributed by atoms with Crippen LogP contribution in [-0.2, 0) is 23.8 Å². The van der Waals surface area contributed by atoms with Gasteiger partial charge in [-0.05, 0) is 19.8 Å². The van der Waals surface area contributed by atoms with E-state index in [-0.39, 0.29) is 25.2 Å². The normalized spacial score (nSPS) is 19.2. The van der Waals surface area contributed by atoms with Crippen molar-refractivity contribution in [3.8, 4) is 0 Å². The van der Waals surface area contributed by atoms with Crippen LogP contribution >= 0.6 is 0 Å². The molecule has 132 valence electrons. The summed E-state index contributed by atoms with van der Waals surface area (Å²) in [6, 6.07) is 0. The SMILES string of the molecule is CCCCCC[C@](O)(CC1=CC(=O)OC(C)(C)O1)C(=O)OCC. The highest BCUT2D eigenvalue weighted by Crippen LogP contribution is 2.31. The Kier molecular flexibility index (Phi) is 7.06. The minimum Gasteiger partial charge on any atom is -0.464 e. The van der Waals surface area contributed by atoms with Gasteiger partial charge in [0, 0.05) is 20.3 Å². The fourth-order valence-electron chi connectivity index (χ4n) is 2.52. The Morgan fingerprint density at radius 2 is 1.96 bits per heavy atom. The third-order valence-corrected chi connectivity index (χ3v) is 3.57. The number of carbonyl (C=O) groups is 2. The molecule has 1 aliphatic heterocycles. The standard InChI is InChI=1S/C17H28O6/c1-5-7-8-9-10-17(20,15(19)21-6-2)12-13-11-14(18)23-16(3,4)22-13/h11,20H,5-10,12H2,1-4H3/t17-/m0/s1. The van der Waals surface area contributed by atoms with Crippen molar-refractivity contribution in [3.63, 3.8) is 0 Å². The van der Waals surface area contributed by atoms with Crippen molar-refractivity contribution >= 4 is 11.9 Å². The van der Waals surface area contributed by atoms with Crippen LogP contribution in [0.3, 0.4) is 0 Å². The minimum absolute atomic E-state index is 0.101. The lowest BCUT2D eigenvalue weighted by Gasteiger charge is -2.34. The van der Waals surface area contributed by atoms with E-state index in [9.17, 15) is 14.7 Å². The summed E-state index contributed by atoms with van der Waals surface area (Å²) < 4.78 is 15.5. The van der Waals surface area contributed by atoms with E-state index < -0.39 is 23.3 Å². The molecular weight excluding hydrogens is 300 g/mol. The predicted molar refractivity (Wildman–Crippen MR) is 84.3 cm³/mol. The topological polar surface area (TPSA) is 82.1 Å². The highest BCUT2D eigenvalue weighted by molar-refractivity contribution is 5.84. The molecule has 0 aromatic rings. The minimum atomic E-state index is -1.69. The first kappa shape index (κ1) is 19.5. The van der Waals surface area contributed by atoms with E-state index >= 15 is 0 Å². The Hall–Kier alpha value is -1.56. The van der Waals surface area contributed by atoms with Crippen LogP contribution in [0.25, 0.3) is 0 Å². The summed E-state index contributed by atoms with van der Waals surface area (Å²) >= 11 is 0. The third-order valence-electron chi connectivity index (χ3n) is 3.57. The largest absolute Gasteiger partial charge is 0.464 e. The summed E-state index contributed by atoms with van der Waals surface area (Å²) in [5.74, 6) is -2.11. The number of unbranched alkanes of at least 4 members (excludes halogenated alkanes) is 3. The molecule has 0 aromatic carbocycles. The first-order valence-corrected chi connectivity index (χ1v) is 8.24. The average Bonchev–Trinajstić information content (AvgIpc) is 2.41. The van der Waals surface area contributed by atoms with Crippen molar-refractivity contribution in [2.75, 3.05) is 6.61 Å². The van der Waals surface area contributed by atoms with Gasteiger partial charge in [0.05, 0.1) is 12.7 Å². The van der Waals surface area contributed by atoms with Crippen LogP contribution in [0.15, 0.2) is 11.8 Å². The van der Waals surface area contributed by atoms with Crippen LogP contribution < -0.4 is 0 Å². The average molecular weight is 328 g/mol. The van der Waals surface area contributed by atoms with Gasteiger partial charge in [0.1, 0.15) is 5.76 Å². The molecule has 1 atom stereocenters. The zero-order valence-corrected chi connectivity index (χ0v) is 14.5. The number of esters is 2. The highest BCUT2D eigenvalue weighted by Gasteiger charge is 2.41. The van der Waals surface area contributed by atoms with E-state index in [4.69, 9.17) is 14.2 Å². The first-order valence-electron chi connectivity index (χ1n) is 8.24. The van der Waals surface area contributed by atoms with Crippen molar-refractivity contribution in [1.29, 1.82) is 0 Å². The molecule has 1 rings (SSSR count). The summed E-state index contributed by atoms with van der Waals surface area (Å²) in [6.45, 7) is 7.16. The molecule has 23 heavy (non-hydrogen) atoms. The summed E-state index contributed by atoms with van der Waals surface area (Å²) in [7, 11) is 0. The predicted octanol–water partition coefficient (Wildman–Crippen LogP) is 2.83. The van der Waals surface area contributed by atoms with Gasteiger partial charge in [-0.15, -0.1) is 0 Å². The fourth-order valence-corrected chi connectivity index (χ4v) is 2.52. The molecule has 0 fully saturated rings. The summed E-state index contributed by atoms with van der Waals surface area (Å²) in [4.78, 5) is 23.8. The zero-order valence-electron chi connectivity index (χ0n) is 14.5. The van der Waals surface area contributed by atoms with Gasteiger partial charge in [-0.25, -0.2) is 9.59 Å². The molecule has 0 unspecified atom stereocenters. The number of ether oxygens (including phenoxy) is 3. The summed E-state index contributed by atoms with van der Waals surface area (Å²) in [6.07, 6.45) is 5.06. The van der Waals surface area contributed by atoms with Gasteiger partial charge < -0.3 is 19.3 Å². The molecule has 0 aliphatic carbocycles. The van der Waals surface area contributed by atoms with Crippen LogP contribution in [0, 0.1) is 0 Å². The van der Waals surface area contributed by atoms with E-state index in [2.05, 4.69) is 6.92 Å². The van der Waals surface area contributed by atoms with Gasteiger partial charge in [-0.2, -0.15) is 0 Å². The molecular formula is C17H28O6. The Labute approximate surface area is 137 Å². The number of rotatable bonds is 9. The van der Waals surface area contributed by atoms with Gasteiger partial charge in [-0.3, -0.25) is 0 Å². The molecule has 1 aliphatic rings. The maximum absolute atomic E-state index is 12.2. The zero-order chi connectivity index (χ0) is 17.5. The van der Waals surface area contributed by atoms with Gasteiger partial charge in [0.15, 0.2) is 5.60 Å². The van der Waals surface area contributed by atoms with Crippen LogP contribution in [0.2, 0.25) is 0 Å². The summed E-state index contributed by atoms with van der Waals surface area (Å²) in [5.41, 5.74) is -1.69. The monoisotopic (exact) mass is 328 g/mol. The molecule has 1 N–H and O–H groups in total. The lowest BCUT2D eigenvalue weighted by Crippen LogP contribution is -2.43. The Bertz CT molecular complexity index is 454. The first-order chi connectivity index (χ1) is 10.7. The van der Waals surface area contributed by atoms with Crippen LogP contribution in [0.1, 0.15) is 66.2 Å². The van der Waals surface area contributed by atoms with Crippen molar-refractivity contribution in [2.45, 2.75) is 77.6 Å². The smallest absolute Gasteiger partial charge is 0.338 e. The molecule has 0 radical (unpaired) electrons. The van der Waals surface area contributed by atoms with Gasteiger partial charge in [0.2, 0.25) is 5.79 Å². The number of hydrogen-bond donors (Lipinski definition) is 1. The van der Waals surface area contributed by atoms with Crippen LogP contribution in [0.4, 0.5) is 0 Å². The van der Waals surface area contributed by atoms with Gasteiger partial charge in [-0.1, -0.05) is 26.2 Å². The van der Waals surface area contributed by atoms with Crippen molar-refractivity contribution in [1.82, 2.24) is 0 Å². The molecule has 0 saturated carbocycles. The quantitative estimate of drug-likeness (QED) is 0.518. The van der Waals surface area contributed by atoms with Gasteiger partial charge in [0.25, 0.3) is 0 Å². The second kappa shape index (κ2) is 8.34. The van der Waals surface area contributed by atoms with Crippen molar-refractivity contribution < 1.29 is 28.9 Å². The molecule has 0 saturated heterocycles. The molecule has 1 heterocycles. The lowest BCUT2D eigenvalue weighted by molar-refractivity contribution is -0.209. The van der Waals surface area contributed by atoms with Crippen LogP contribution in [0.5, 0.6) is 0 Å². The Morgan fingerprint density at radius 1 is 1.26 bits per heavy atom. The molecule has 0 amide bonds. The van der Waals surface area contributed by atoms with Crippen LogP contribution in [-0.4, -0.2) is 35.0 Å². The van der Waals surface area contributed by atoms with Crippen molar-refractivity contribution in [2.24, 2.45) is 0 Å². The Balaban J connectivity index is 2.83. The van der Waals surface area contributed by atoms with E-state index in [1.165, 1.54) is 6.08 Å². The van der Waals surface area contributed by atoms with Crippen molar-refractivity contribution in [3.05, 3.63) is 11.8 Å². The van der Waals surface area contributed by atoms with E-state index in [0.29, 0.717) is 6.42 Å². The number of aliphatic hydroxyl groups is 1. The second-order valence-electron chi connectivity index (χ2n) is 6.27. The van der Waals surface area contributed by atoms with Gasteiger partial charge >= 0.3 is 11.9 Å². The van der Waals surface area contributed by atoms with E-state index in [1.807, 2.05) is 0 Å². The van der Waals surface area contributed by atoms with E-state index in [1.54, 1.807) is 20.8 Å². The molecule has 6 nitrogen and oxygen atoms in total. The molecule has 0 bridgehead atoms. The summed E-state index contributed by atoms with van der Waals surface area (Å²) in [5, 5.41) is 10.8.